The molecule has 13 heteroatoms. The first kappa shape index (κ1) is 26.4. The molecule has 0 radical (unpaired) electrons. The van der Waals surface area contributed by atoms with Crippen molar-refractivity contribution < 1.29 is 27.1 Å². The molecule has 11 nitrogen and oxygen atoms in total. The number of pyridine rings is 1. The Hall–Kier alpha value is -4.65. The van der Waals surface area contributed by atoms with Gasteiger partial charge in [0.2, 0.25) is 15.9 Å². The second-order valence-corrected chi connectivity index (χ2v) is 10.0. The molecule has 2 heterocycles. The molecular formula is C25H25FN6O5S. The normalized spacial score (nSPS) is 11.1. The van der Waals surface area contributed by atoms with Gasteiger partial charge < -0.3 is 20.5 Å². The summed E-state index contributed by atoms with van der Waals surface area (Å²) in [6.07, 6.45) is 1.51. The summed E-state index contributed by atoms with van der Waals surface area (Å²) in [5.41, 5.74) is 7.82. The van der Waals surface area contributed by atoms with E-state index in [0.29, 0.717) is 22.7 Å². The van der Waals surface area contributed by atoms with Crippen LogP contribution in [0.2, 0.25) is 0 Å². The number of amides is 1. The number of ether oxygens (including phenoxy) is 2. The highest BCUT2D eigenvalue weighted by Crippen LogP contribution is 2.35. The van der Waals surface area contributed by atoms with Gasteiger partial charge in [-0.25, -0.2) is 17.8 Å². The maximum Gasteiger partial charge on any atom is 0.254 e. The first-order valence-corrected chi connectivity index (χ1v) is 13.0. The van der Waals surface area contributed by atoms with Crippen molar-refractivity contribution >= 4 is 33.1 Å². The van der Waals surface area contributed by atoms with Gasteiger partial charge in [0.15, 0.2) is 0 Å². The summed E-state index contributed by atoms with van der Waals surface area (Å²) < 4.78 is 51.2. The van der Waals surface area contributed by atoms with E-state index < -0.39 is 15.9 Å². The summed E-state index contributed by atoms with van der Waals surface area (Å²) in [4.78, 5) is 16.5. The summed E-state index contributed by atoms with van der Waals surface area (Å²) >= 11 is 0. The summed E-state index contributed by atoms with van der Waals surface area (Å²) in [5.74, 6) is -0.447. The number of carbonyl (C=O) groups excluding carboxylic acids is 1. The van der Waals surface area contributed by atoms with Crippen molar-refractivity contribution in [3.05, 3.63) is 77.7 Å². The molecule has 0 bridgehead atoms. The summed E-state index contributed by atoms with van der Waals surface area (Å²) in [5, 5.41) is 10.0. The van der Waals surface area contributed by atoms with Crippen LogP contribution >= 0.6 is 0 Å². The number of rotatable bonds is 11. The Morgan fingerprint density at radius 3 is 2.53 bits per heavy atom. The Morgan fingerprint density at radius 1 is 1.13 bits per heavy atom. The zero-order valence-corrected chi connectivity index (χ0v) is 21.3. The number of hydrogen-bond acceptors (Lipinski definition) is 8. The van der Waals surface area contributed by atoms with Gasteiger partial charge in [0.1, 0.15) is 35.2 Å². The Morgan fingerprint density at radius 2 is 1.89 bits per heavy atom. The number of primary amides is 1. The average molecular weight is 541 g/mol. The van der Waals surface area contributed by atoms with E-state index in [4.69, 9.17) is 15.2 Å². The zero-order valence-electron chi connectivity index (χ0n) is 20.5. The number of anilines is 3. The Balaban J connectivity index is 1.69. The number of carbonyl (C=O) groups is 1. The molecule has 0 fully saturated rings. The fourth-order valence-electron chi connectivity index (χ4n) is 3.46. The molecule has 1 amide bonds. The van der Waals surface area contributed by atoms with E-state index in [2.05, 4.69) is 25.2 Å². The second kappa shape index (κ2) is 11.2. The molecule has 0 aliphatic carbocycles. The van der Waals surface area contributed by atoms with Crippen LogP contribution < -0.4 is 25.2 Å². The van der Waals surface area contributed by atoms with Gasteiger partial charge >= 0.3 is 0 Å². The van der Waals surface area contributed by atoms with Gasteiger partial charge in [0.25, 0.3) is 5.91 Å². The maximum absolute atomic E-state index is 13.3. The van der Waals surface area contributed by atoms with Crippen LogP contribution in [0.3, 0.4) is 0 Å². The molecule has 2 aromatic carbocycles. The van der Waals surface area contributed by atoms with E-state index in [-0.39, 0.29) is 46.7 Å². The van der Waals surface area contributed by atoms with Crippen LogP contribution in [-0.4, -0.2) is 42.4 Å². The number of H-pyrrole nitrogens is 1. The van der Waals surface area contributed by atoms with Crippen LogP contribution in [-0.2, 0) is 16.6 Å². The number of aromatic amines is 1. The van der Waals surface area contributed by atoms with E-state index >= 15 is 0 Å². The molecule has 0 saturated carbocycles. The molecule has 0 aliphatic rings. The molecular weight excluding hydrogens is 515 g/mol. The zero-order chi connectivity index (χ0) is 27.3. The SMILES string of the molecule is CCS(=O)(=O)Nc1ccc(-c2n[nH]c(Nc3ccc(OC)nc3)c2C(N)=O)cc1OCc1ccc(F)cc1. The molecule has 4 aromatic rings. The van der Waals surface area contributed by atoms with Crippen LogP contribution in [0.5, 0.6) is 11.6 Å². The molecule has 0 unspecified atom stereocenters. The Kier molecular flexibility index (Phi) is 7.76. The summed E-state index contributed by atoms with van der Waals surface area (Å²) in [6.45, 7) is 1.54. The van der Waals surface area contributed by atoms with Crippen LogP contribution in [0.4, 0.5) is 21.6 Å². The number of nitrogens with two attached hydrogens (primary N) is 1. The van der Waals surface area contributed by atoms with Crippen molar-refractivity contribution in [3.8, 4) is 22.9 Å². The topological polar surface area (TPSA) is 161 Å². The Bertz CT molecular complexity index is 1540. The van der Waals surface area contributed by atoms with Crippen LogP contribution in [0.25, 0.3) is 11.3 Å². The lowest BCUT2D eigenvalue weighted by Crippen LogP contribution is -2.15. The third-order valence-corrected chi connectivity index (χ3v) is 6.73. The van der Waals surface area contributed by atoms with Crippen molar-refractivity contribution in [1.29, 1.82) is 0 Å². The largest absolute Gasteiger partial charge is 0.487 e. The van der Waals surface area contributed by atoms with E-state index in [0.717, 1.165) is 0 Å². The number of hydrogen-bond donors (Lipinski definition) is 4. The van der Waals surface area contributed by atoms with E-state index in [1.807, 2.05) is 0 Å². The van der Waals surface area contributed by atoms with Gasteiger partial charge in [-0.05, 0) is 42.8 Å². The number of methoxy groups -OCH3 is 1. The number of halogens is 1. The number of nitrogens with zero attached hydrogens (tertiary/aromatic N) is 2. The van der Waals surface area contributed by atoms with Crippen LogP contribution in [0, 0.1) is 5.82 Å². The van der Waals surface area contributed by atoms with Gasteiger partial charge in [-0.2, -0.15) is 5.10 Å². The molecule has 38 heavy (non-hydrogen) atoms. The minimum Gasteiger partial charge on any atom is -0.487 e. The fraction of sp³-hybridized carbons (Fsp3) is 0.160. The average Bonchev–Trinajstić information content (AvgIpc) is 3.33. The third kappa shape index (κ3) is 6.18. The predicted octanol–water partition coefficient (Wildman–Crippen LogP) is 3.80. The second-order valence-electron chi connectivity index (χ2n) is 8.03. The van der Waals surface area contributed by atoms with Crippen LogP contribution in [0.15, 0.2) is 60.8 Å². The van der Waals surface area contributed by atoms with Gasteiger partial charge in [0, 0.05) is 11.6 Å². The smallest absolute Gasteiger partial charge is 0.254 e. The van der Waals surface area contributed by atoms with E-state index in [9.17, 15) is 17.6 Å². The lowest BCUT2D eigenvalue weighted by atomic mass is 10.1. The third-order valence-electron chi connectivity index (χ3n) is 5.44. The lowest BCUT2D eigenvalue weighted by molar-refractivity contribution is 0.100. The van der Waals surface area contributed by atoms with E-state index in [1.54, 1.807) is 36.4 Å². The molecule has 0 spiro atoms. The monoisotopic (exact) mass is 540 g/mol. The highest BCUT2D eigenvalue weighted by Gasteiger charge is 2.22. The standard InChI is InChI=1S/C25H25FN6O5S/c1-3-38(34,35)32-19-10-6-16(12-20(19)37-14-15-4-7-17(26)8-5-15)23-22(24(27)33)25(31-30-23)29-18-9-11-21(36-2)28-13-18/h4-13,32H,3,14H2,1-2H3,(H2,27,33)(H2,29,30,31). The highest BCUT2D eigenvalue weighted by molar-refractivity contribution is 7.92. The van der Waals surface area contributed by atoms with Crippen molar-refractivity contribution in [2.24, 2.45) is 5.73 Å². The van der Waals surface area contributed by atoms with Crippen molar-refractivity contribution in [1.82, 2.24) is 15.2 Å². The minimum absolute atomic E-state index is 0.0328. The molecule has 2 aromatic heterocycles. The van der Waals surface area contributed by atoms with Gasteiger partial charge in [-0.3, -0.25) is 14.6 Å². The minimum atomic E-state index is -3.62. The number of aromatic nitrogens is 3. The molecule has 198 valence electrons. The van der Waals surface area contributed by atoms with Crippen LogP contribution in [0.1, 0.15) is 22.8 Å². The molecule has 0 saturated heterocycles. The van der Waals surface area contributed by atoms with Gasteiger partial charge in [-0.1, -0.05) is 18.2 Å². The predicted molar refractivity (Wildman–Crippen MR) is 140 cm³/mol. The summed E-state index contributed by atoms with van der Waals surface area (Å²) in [6, 6.07) is 13.7. The molecule has 5 N–H and O–H groups in total. The molecule has 0 atom stereocenters. The van der Waals surface area contributed by atoms with Crippen molar-refractivity contribution in [2.75, 3.05) is 22.9 Å². The molecule has 4 rings (SSSR count). The Labute approximate surface area is 218 Å². The lowest BCUT2D eigenvalue weighted by Gasteiger charge is -2.15. The quantitative estimate of drug-likeness (QED) is 0.223. The number of nitrogens with one attached hydrogen (secondary N) is 3. The summed E-state index contributed by atoms with van der Waals surface area (Å²) in [7, 11) is -2.12. The van der Waals surface area contributed by atoms with Gasteiger partial charge in [0.05, 0.1) is 30.4 Å². The van der Waals surface area contributed by atoms with Crippen molar-refractivity contribution in [3.63, 3.8) is 0 Å². The molecule has 0 aliphatic heterocycles. The first-order chi connectivity index (χ1) is 18.2. The highest BCUT2D eigenvalue weighted by atomic mass is 32.2. The van der Waals surface area contributed by atoms with Crippen molar-refractivity contribution in [2.45, 2.75) is 13.5 Å². The number of benzene rings is 2. The first-order valence-electron chi connectivity index (χ1n) is 11.4. The maximum atomic E-state index is 13.3. The number of sulfonamides is 1. The van der Waals surface area contributed by atoms with E-state index in [1.165, 1.54) is 38.4 Å². The fourth-order valence-corrected chi connectivity index (χ4v) is 4.10. The van der Waals surface area contributed by atoms with Gasteiger partial charge in [-0.15, -0.1) is 0 Å².